The summed E-state index contributed by atoms with van der Waals surface area (Å²) in [7, 11) is 1.33. The molecule has 11 heteroatoms. The summed E-state index contributed by atoms with van der Waals surface area (Å²) in [5, 5.41) is 11.7. The number of benzene rings is 1. The second-order valence-electron chi connectivity index (χ2n) is 7.39. The van der Waals surface area contributed by atoms with E-state index in [4.69, 9.17) is 4.74 Å². The van der Waals surface area contributed by atoms with Crippen LogP contribution in [0.15, 0.2) is 18.2 Å². The third-order valence-corrected chi connectivity index (χ3v) is 6.27. The smallest absolute Gasteiger partial charge is 0.471 e. The summed E-state index contributed by atoms with van der Waals surface area (Å²) < 4.78 is 57.7. The van der Waals surface area contributed by atoms with Crippen LogP contribution in [0.2, 0.25) is 0 Å². The van der Waals surface area contributed by atoms with E-state index in [0.717, 1.165) is 5.01 Å². The number of ether oxygens (including phenoxy) is 1. The van der Waals surface area contributed by atoms with Crippen LogP contribution >= 0.6 is 11.3 Å². The lowest BCUT2D eigenvalue weighted by molar-refractivity contribution is -0.174. The highest BCUT2D eigenvalue weighted by atomic mass is 32.1. The molecule has 2 atom stereocenters. The highest BCUT2D eigenvalue weighted by molar-refractivity contribution is 7.15. The maximum Gasteiger partial charge on any atom is 0.471 e. The fourth-order valence-corrected chi connectivity index (χ4v) is 4.30. The number of hydrogen-bond donors (Lipinski definition) is 1. The van der Waals surface area contributed by atoms with Crippen LogP contribution in [0.3, 0.4) is 0 Å². The predicted octanol–water partition coefficient (Wildman–Crippen LogP) is 3.85. The van der Waals surface area contributed by atoms with E-state index in [2.05, 4.69) is 15.5 Å². The number of nitrogens with zero attached hydrogens (tertiary/aromatic N) is 3. The van der Waals surface area contributed by atoms with E-state index in [0.29, 0.717) is 23.7 Å². The number of hydrogen-bond acceptors (Lipinski definition) is 6. The number of carbonyl (C=O) groups excluding carboxylic acids is 1. The van der Waals surface area contributed by atoms with Crippen LogP contribution in [0, 0.1) is 5.82 Å². The van der Waals surface area contributed by atoms with Crippen molar-refractivity contribution in [3.05, 3.63) is 34.6 Å². The van der Waals surface area contributed by atoms with Crippen molar-refractivity contribution in [1.82, 2.24) is 15.5 Å². The largest absolute Gasteiger partial charge is 0.494 e. The molecule has 1 N–H and O–H groups in total. The van der Waals surface area contributed by atoms with E-state index < -0.39 is 29.9 Å². The minimum atomic E-state index is -5.01. The first-order valence-electron chi connectivity index (χ1n) is 9.39. The average Bonchev–Trinajstić information content (AvgIpc) is 3.17. The quantitative estimate of drug-likeness (QED) is 0.707. The molecule has 0 saturated carbocycles. The van der Waals surface area contributed by atoms with E-state index >= 15 is 0 Å². The first-order valence-corrected chi connectivity index (χ1v) is 10.2. The molecule has 3 rings (SSSR count). The predicted molar refractivity (Wildman–Crippen MR) is 105 cm³/mol. The molecule has 1 saturated heterocycles. The van der Waals surface area contributed by atoms with Gasteiger partial charge in [-0.1, -0.05) is 31.3 Å². The van der Waals surface area contributed by atoms with Crippen LogP contribution < -0.4 is 15.0 Å². The second kappa shape index (κ2) is 8.75. The number of aromatic nitrogens is 2. The van der Waals surface area contributed by atoms with Crippen molar-refractivity contribution in [1.29, 1.82) is 0 Å². The molecule has 30 heavy (non-hydrogen) atoms. The molecule has 164 valence electrons. The number of nitrogens with one attached hydrogen (secondary N) is 1. The molecule has 1 aromatic heterocycles. The van der Waals surface area contributed by atoms with Gasteiger partial charge < -0.3 is 15.0 Å². The van der Waals surface area contributed by atoms with Crippen molar-refractivity contribution in [3.8, 4) is 5.75 Å². The molecule has 0 radical (unpaired) electrons. The Bertz CT molecular complexity index is 903. The van der Waals surface area contributed by atoms with Gasteiger partial charge in [0.1, 0.15) is 5.01 Å². The maximum absolute atomic E-state index is 14.2. The topological polar surface area (TPSA) is 67.3 Å². The molecular weight excluding hydrogens is 424 g/mol. The number of methoxy groups -OCH3 is 1. The Kier molecular flexibility index (Phi) is 6.49. The molecule has 2 aromatic rings. The van der Waals surface area contributed by atoms with Crippen LogP contribution in [0.4, 0.5) is 22.7 Å². The van der Waals surface area contributed by atoms with Gasteiger partial charge in [-0.2, -0.15) is 13.2 Å². The molecule has 2 unspecified atom stereocenters. The van der Waals surface area contributed by atoms with Crippen molar-refractivity contribution < 1.29 is 27.1 Å². The van der Waals surface area contributed by atoms with Crippen molar-refractivity contribution in [3.63, 3.8) is 0 Å². The van der Waals surface area contributed by atoms with Crippen LogP contribution in [-0.2, 0) is 4.79 Å². The second-order valence-corrected chi connectivity index (χ2v) is 8.38. The van der Waals surface area contributed by atoms with Gasteiger partial charge in [0.05, 0.1) is 13.2 Å². The first-order chi connectivity index (χ1) is 14.1. The van der Waals surface area contributed by atoms with Crippen LogP contribution in [0.1, 0.15) is 42.7 Å². The molecule has 0 aliphatic carbocycles. The Morgan fingerprint density at radius 2 is 2.07 bits per heavy atom. The van der Waals surface area contributed by atoms with E-state index in [9.17, 15) is 22.4 Å². The lowest BCUT2D eigenvalue weighted by Crippen LogP contribution is -2.54. The molecule has 1 aliphatic heterocycles. The Morgan fingerprint density at radius 3 is 2.63 bits per heavy atom. The van der Waals surface area contributed by atoms with E-state index in [1.807, 2.05) is 13.8 Å². The Labute approximate surface area is 175 Å². The zero-order valence-corrected chi connectivity index (χ0v) is 17.5. The fraction of sp³-hybridized carbons (Fsp3) is 0.526. The SMILES string of the molecule is COc1ccc(C2CCN(c3nnc(C(C)C)s3)CC2NC(=O)C(F)(F)F)cc1F. The van der Waals surface area contributed by atoms with Gasteiger partial charge in [-0.25, -0.2) is 4.39 Å². The van der Waals surface area contributed by atoms with Gasteiger partial charge in [0, 0.05) is 24.9 Å². The highest BCUT2D eigenvalue weighted by Crippen LogP contribution is 2.35. The van der Waals surface area contributed by atoms with Crippen molar-refractivity contribution in [2.45, 2.75) is 44.3 Å². The summed E-state index contributed by atoms with van der Waals surface area (Å²) in [5.74, 6) is -2.90. The Balaban J connectivity index is 1.86. The number of rotatable bonds is 5. The Hall–Kier alpha value is -2.43. The minimum absolute atomic E-state index is 0.0436. The number of amides is 1. The average molecular weight is 446 g/mol. The third-order valence-electron chi connectivity index (χ3n) is 4.99. The fourth-order valence-electron chi connectivity index (χ4n) is 3.42. The number of halogens is 4. The van der Waals surface area contributed by atoms with Gasteiger partial charge >= 0.3 is 12.1 Å². The monoisotopic (exact) mass is 446 g/mol. The summed E-state index contributed by atoms with van der Waals surface area (Å²) in [5.41, 5.74) is 0.501. The molecule has 1 amide bonds. The number of carbonyl (C=O) groups is 1. The van der Waals surface area contributed by atoms with Gasteiger partial charge in [0.15, 0.2) is 11.6 Å². The zero-order chi connectivity index (χ0) is 22.1. The lowest BCUT2D eigenvalue weighted by atomic mass is 9.85. The zero-order valence-electron chi connectivity index (χ0n) is 16.7. The number of alkyl halides is 3. The standard InChI is InChI=1S/C19H22F4N4O2S/c1-10(2)16-25-26-18(30-16)27-7-6-12(11-4-5-15(29-3)13(20)8-11)14(9-27)24-17(28)19(21,22)23/h4-5,8,10,12,14H,6-7,9H2,1-3H3,(H,24,28). The lowest BCUT2D eigenvalue weighted by Gasteiger charge is -2.39. The van der Waals surface area contributed by atoms with E-state index in [1.54, 1.807) is 11.0 Å². The third kappa shape index (κ3) is 4.82. The molecule has 1 aliphatic rings. The first kappa shape index (κ1) is 22.3. The van der Waals surface area contributed by atoms with Gasteiger partial charge in [0.2, 0.25) is 5.13 Å². The minimum Gasteiger partial charge on any atom is -0.494 e. The summed E-state index contributed by atoms with van der Waals surface area (Å²) in [6.45, 7) is 4.54. The van der Waals surface area contributed by atoms with Crippen molar-refractivity contribution >= 4 is 22.4 Å². The molecule has 1 aromatic carbocycles. The van der Waals surface area contributed by atoms with Crippen LogP contribution in [0.5, 0.6) is 5.75 Å². The maximum atomic E-state index is 14.2. The summed E-state index contributed by atoms with van der Waals surface area (Å²) in [6.07, 6.45) is -4.60. The van der Waals surface area contributed by atoms with Gasteiger partial charge in [0.25, 0.3) is 0 Å². The Morgan fingerprint density at radius 1 is 1.33 bits per heavy atom. The molecule has 0 bridgehead atoms. The van der Waals surface area contributed by atoms with Crippen molar-refractivity contribution in [2.24, 2.45) is 0 Å². The van der Waals surface area contributed by atoms with E-state index in [-0.39, 0.29) is 18.2 Å². The highest BCUT2D eigenvalue weighted by Gasteiger charge is 2.42. The van der Waals surface area contributed by atoms with Gasteiger partial charge in [-0.15, -0.1) is 10.2 Å². The summed E-state index contributed by atoms with van der Waals surface area (Å²) in [6, 6.07) is 3.40. The van der Waals surface area contributed by atoms with Crippen LogP contribution in [0.25, 0.3) is 0 Å². The van der Waals surface area contributed by atoms with Crippen LogP contribution in [-0.4, -0.2) is 48.5 Å². The molecule has 6 nitrogen and oxygen atoms in total. The summed E-state index contributed by atoms with van der Waals surface area (Å²) >= 11 is 1.37. The van der Waals surface area contributed by atoms with Crippen molar-refractivity contribution in [2.75, 3.05) is 25.1 Å². The number of piperidine rings is 1. The van der Waals surface area contributed by atoms with Gasteiger partial charge in [-0.3, -0.25) is 4.79 Å². The molecule has 0 spiro atoms. The normalized spacial score (nSPS) is 19.8. The summed E-state index contributed by atoms with van der Waals surface area (Å²) in [4.78, 5) is 13.4. The van der Waals surface area contributed by atoms with Gasteiger partial charge in [-0.05, 0) is 24.1 Å². The molecular formula is C19H22F4N4O2S. The number of anilines is 1. The molecule has 1 fully saturated rings. The molecule has 2 heterocycles. The van der Waals surface area contributed by atoms with E-state index in [1.165, 1.54) is 30.6 Å².